The molecule has 0 saturated heterocycles. The Morgan fingerprint density at radius 1 is 1.00 bits per heavy atom. The number of nitrogens with zero attached hydrogens (tertiary/aromatic N) is 1. The smallest absolute Gasteiger partial charge is 0.376 e. The molecule has 0 radical (unpaired) electrons. The fourth-order valence-corrected chi connectivity index (χ4v) is 3.34. The molecule has 0 aliphatic carbocycles. The highest BCUT2D eigenvalue weighted by molar-refractivity contribution is 6.38. The van der Waals surface area contributed by atoms with E-state index in [1.807, 2.05) is 43.3 Å². The quantitative estimate of drug-likeness (QED) is 0.331. The summed E-state index contributed by atoms with van der Waals surface area (Å²) in [5, 5.41) is 19.7. The molecule has 0 aliphatic heterocycles. The molecule has 3 aromatic rings. The Bertz CT molecular complexity index is 1230. The number of hydrogen-bond donors (Lipinski definition) is 2. The molecular weight excluding hydrogens is 418 g/mol. The second-order valence-electron chi connectivity index (χ2n) is 7.19. The van der Waals surface area contributed by atoms with Crippen LogP contribution in [0.4, 0.5) is 0 Å². The van der Waals surface area contributed by atoms with Gasteiger partial charge in [0, 0.05) is 17.3 Å². The van der Waals surface area contributed by atoms with E-state index in [2.05, 4.69) is 0 Å². The van der Waals surface area contributed by atoms with E-state index >= 15 is 0 Å². The van der Waals surface area contributed by atoms with Gasteiger partial charge in [-0.05, 0) is 48.2 Å². The number of aromatic nitrogens is 1. The summed E-state index contributed by atoms with van der Waals surface area (Å²) >= 11 is 6.06. The summed E-state index contributed by atoms with van der Waals surface area (Å²) in [6, 6.07) is 16.3. The summed E-state index contributed by atoms with van der Waals surface area (Å²) in [5.74, 6) is -3.73. The summed E-state index contributed by atoms with van der Waals surface area (Å²) in [4.78, 5) is 35.3. The Labute approximate surface area is 183 Å². The van der Waals surface area contributed by atoms with Gasteiger partial charge in [0.15, 0.2) is 0 Å². The molecule has 0 atom stereocenters. The molecule has 0 spiro atoms. The Morgan fingerprint density at radius 3 is 2.35 bits per heavy atom. The molecule has 2 N–H and O–H groups in total. The SMILES string of the molecule is Cc1ccc(Cn2cc(Cc3cccc(Cl)c3)cc(/C(O)=C/C(=O)C(=O)O)c2=O)cc1. The number of carbonyl (C=O) groups is 2. The third-order valence-corrected chi connectivity index (χ3v) is 4.90. The predicted octanol–water partition coefficient (Wildman–Crippen LogP) is 4.00. The van der Waals surface area contributed by atoms with E-state index < -0.39 is 23.1 Å². The van der Waals surface area contributed by atoms with E-state index in [1.165, 1.54) is 10.6 Å². The first-order valence-corrected chi connectivity index (χ1v) is 9.82. The van der Waals surface area contributed by atoms with E-state index in [9.17, 15) is 19.5 Å². The number of carbonyl (C=O) groups excluding carboxylic acids is 1. The van der Waals surface area contributed by atoms with Gasteiger partial charge in [0.05, 0.1) is 12.1 Å². The Hall–Kier alpha value is -3.64. The largest absolute Gasteiger partial charge is 0.507 e. The van der Waals surface area contributed by atoms with Gasteiger partial charge in [-0.1, -0.05) is 53.6 Å². The van der Waals surface area contributed by atoms with Gasteiger partial charge in [-0.3, -0.25) is 9.59 Å². The zero-order valence-corrected chi connectivity index (χ0v) is 17.5. The highest BCUT2D eigenvalue weighted by atomic mass is 35.5. The second-order valence-corrected chi connectivity index (χ2v) is 7.62. The molecule has 7 heteroatoms. The molecule has 0 bridgehead atoms. The monoisotopic (exact) mass is 437 g/mol. The van der Waals surface area contributed by atoms with E-state index in [-0.39, 0.29) is 12.1 Å². The Balaban J connectivity index is 2.07. The number of aliphatic hydroxyl groups is 1. The predicted molar refractivity (Wildman–Crippen MR) is 118 cm³/mol. The van der Waals surface area contributed by atoms with Crippen molar-refractivity contribution in [2.75, 3.05) is 0 Å². The van der Waals surface area contributed by atoms with Crippen molar-refractivity contribution in [2.45, 2.75) is 19.9 Å². The molecule has 0 unspecified atom stereocenters. The van der Waals surface area contributed by atoms with Crippen LogP contribution in [0.15, 0.2) is 71.7 Å². The van der Waals surface area contributed by atoms with Crippen molar-refractivity contribution in [2.24, 2.45) is 0 Å². The molecule has 31 heavy (non-hydrogen) atoms. The van der Waals surface area contributed by atoms with Crippen LogP contribution in [0, 0.1) is 6.92 Å². The molecule has 6 nitrogen and oxygen atoms in total. The summed E-state index contributed by atoms with van der Waals surface area (Å²) < 4.78 is 1.43. The maximum Gasteiger partial charge on any atom is 0.376 e. The molecular formula is C24H20ClNO5. The fourth-order valence-electron chi connectivity index (χ4n) is 3.13. The van der Waals surface area contributed by atoms with E-state index in [1.54, 1.807) is 18.3 Å². The zero-order valence-electron chi connectivity index (χ0n) is 16.7. The minimum absolute atomic E-state index is 0.152. The average Bonchev–Trinajstić information content (AvgIpc) is 2.71. The number of aryl methyl sites for hydroxylation is 1. The number of carboxylic acids is 1. The van der Waals surface area contributed by atoms with Gasteiger partial charge in [-0.2, -0.15) is 0 Å². The number of halogens is 1. The van der Waals surface area contributed by atoms with Crippen LogP contribution in [-0.2, 0) is 22.6 Å². The minimum Gasteiger partial charge on any atom is -0.507 e. The standard InChI is InChI=1S/C24H20ClNO5/c1-15-5-7-16(8-6-15)13-26-14-18(9-17-3-2-4-19(25)10-17)11-20(23(26)29)21(27)12-22(28)24(30)31/h2-8,10-12,14,27H,9,13H2,1H3,(H,30,31)/b21-12-. The number of aliphatic hydroxyl groups excluding tert-OH is 1. The molecule has 0 aliphatic rings. The first kappa shape index (κ1) is 22.1. The lowest BCUT2D eigenvalue weighted by atomic mass is 10.0. The van der Waals surface area contributed by atoms with E-state index in [4.69, 9.17) is 16.7 Å². The van der Waals surface area contributed by atoms with Crippen LogP contribution in [0.2, 0.25) is 5.02 Å². The summed E-state index contributed by atoms with van der Waals surface area (Å²) in [7, 11) is 0. The van der Waals surface area contributed by atoms with Gasteiger partial charge < -0.3 is 14.8 Å². The number of rotatable bonds is 7. The number of hydrogen-bond acceptors (Lipinski definition) is 4. The molecule has 0 amide bonds. The molecule has 0 fully saturated rings. The van der Waals surface area contributed by atoms with Crippen LogP contribution in [-0.4, -0.2) is 26.5 Å². The maximum absolute atomic E-state index is 13.0. The number of benzene rings is 2. The van der Waals surface area contributed by atoms with Crippen molar-refractivity contribution in [3.63, 3.8) is 0 Å². The number of carboxylic acid groups (broad SMARTS) is 1. The first-order valence-electron chi connectivity index (χ1n) is 9.44. The van der Waals surface area contributed by atoms with Crippen molar-refractivity contribution < 1.29 is 19.8 Å². The molecule has 3 rings (SSSR count). The van der Waals surface area contributed by atoms with Crippen molar-refractivity contribution in [3.8, 4) is 0 Å². The highest BCUT2D eigenvalue weighted by Gasteiger charge is 2.16. The fraction of sp³-hybridized carbons (Fsp3) is 0.125. The minimum atomic E-state index is -1.72. The van der Waals surface area contributed by atoms with Crippen LogP contribution in [0.3, 0.4) is 0 Å². The summed E-state index contributed by atoms with van der Waals surface area (Å²) in [6.45, 7) is 2.21. The van der Waals surface area contributed by atoms with Crippen LogP contribution in [0.5, 0.6) is 0 Å². The average molecular weight is 438 g/mol. The lowest BCUT2D eigenvalue weighted by molar-refractivity contribution is -0.146. The third kappa shape index (κ3) is 5.71. The Morgan fingerprint density at radius 2 is 1.71 bits per heavy atom. The Kier molecular flexibility index (Phi) is 6.72. The molecule has 0 saturated carbocycles. The van der Waals surface area contributed by atoms with Gasteiger partial charge in [-0.15, -0.1) is 0 Å². The van der Waals surface area contributed by atoms with Crippen molar-refractivity contribution >= 4 is 29.1 Å². The summed E-state index contributed by atoms with van der Waals surface area (Å²) in [6.07, 6.45) is 2.64. The second kappa shape index (κ2) is 9.45. The summed E-state index contributed by atoms with van der Waals surface area (Å²) in [5.41, 5.74) is 2.85. The molecule has 2 aromatic carbocycles. The van der Waals surface area contributed by atoms with Gasteiger partial charge in [0.1, 0.15) is 5.76 Å². The van der Waals surface area contributed by atoms with E-state index in [0.717, 1.165) is 16.7 Å². The van der Waals surface area contributed by atoms with Crippen LogP contribution in [0.25, 0.3) is 5.76 Å². The maximum atomic E-state index is 13.0. The van der Waals surface area contributed by atoms with Crippen LogP contribution < -0.4 is 5.56 Å². The van der Waals surface area contributed by atoms with Crippen LogP contribution >= 0.6 is 11.6 Å². The zero-order chi connectivity index (χ0) is 22.5. The number of aliphatic carboxylic acids is 1. The van der Waals surface area contributed by atoms with Gasteiger partial charge >= 0.3 is 5.97 Å². The molecule has 158 valence electrons. The normalized spacial score (nSPS) is 11.4. The number of pyridine rings is 1. The van der Waals surface area contributed by atoms with Crippen molar-refractivity contribution in [1.29, 1.82) is 0 Å². The number of ketones is 1. The lowest BCUT2D eigenvalue weighted by Gasteiger charge is -2.12. The highest BCUT2D eigenvalue weighted by Crippen LogP contribution is 2.17. The van der Waals surface area contributed by atoms with Crippen molar-refractivity contribution in [3.05, 3.63) is 110 Å². The van der Waals surface area contributed by atoms with Gasteiger partial charge in [0.2, 0.25) is 0 Å². The van der Waals surface area contributed by atoms with Gasteiger partial charge in [0.25, 0.3) is 11.3 Å². The van der Waals surface area contributed by atoms with Gasteiger partial charge in [-0.25, -0.2) is 4.79 Å². The van der Waals surface area contributed by atoms with Crippen LogP contribution in [0.1, 0.15) is 27.8 Å². The first-order chi connectivity index (χ1) is 14.7. The third-order valence-electron chi connectivity index (χ3n) is 4.67. The van der Waals surface area contributed by atoms with Crippen molar-refractivity contribution in [1.82, 2.24) is 4.57 Å². The molecule has 1 aromatic heterocycles. The molecule has 1 heterocycles. The lowest BCUT2D eigenvalue weighted by Crippen LogP contribution is -2.25. The topological polar surface area (TPSA) is 96.6 Å². The van der Waals surface area contributed by atoms with E-state index in [0.29, 0.717) is 23.1 Å².